The molecule has 1 aromatic heterocycles. The van der Waals surface area contributed by atoms with E-state index < -0.39 is 10.0 Å². The molecule has 1 heterocycles. The number of rotatable bonds is 5. The van der Waals surface area contributed by atoms with E-state index in [1.165, 1.54) is 6.07 Å². The van der Waals surface area contributed by atoms with E-state index in [0.717, 1.165) is 11.1 Å². The van der Waals surface area contributed by atoms with Gasteiger partial charge in [-0.05, 0) is 40.0 Å². The van der Waals surface area contributed by atoms with Crippen LogP contribution < -0.4 is 10.5 Å². The van der Waals surface area contributed by atoms with Gasteiger partial charge in [-0.2, -0.15) is 5.21 Å². The van der Waals surface area contributed by atoms with E-state index in [9.17, 15) is 8.42 Å². The molecule has 0 spiro atoms. The number of hydrogen-bond donors (Lipinski definition) is 3. The maximum atomic E-state index is 12.3. The highest BCUT2D eigenvalue weighted by atomic mass is 79.9. The van der Waals surface area contributed by atoms with E-state index in [1.54, 1.807) is 6.92 Å². The van der Waals surface area contributed by atoms with E-state index in [-0.39, 0.29) is 23.8 Å². The third kappa shape index (κ3) is 3.20. The number of H-pyrrole nitrogens is 1. The summed E-state index contributed by atoms with van der Waals surface area (Å²) in [5.74, 6) is 0.261. The third-order valence-corrected chi connectivity index (χ3v) is 5.36. The van der Waals surface area contributed by atoms with E-state index in [2.05, 4.69) is 41.3 Å². The molecule has 0 aliphatic heterocycles. The van der Waals surface area contributed by atoms with Crippen molar-refractivity contribution in [2.75, 3.05) is 0 Å². The number of benzene rings is 1. The molecule has 0 aliphatic carbocycles. The molecule has 0 radical (unpaired) electrons. The van der Waals surface area contributed by atoms with E-state index in [4.69, 9.17) is 5.73 Å². The van der Waals surface area contributed by atoms with Crippen molar-refractivity contribution in [2.24, 2.45) is 5.73 Å². The average Bonchev–Trinajstić information content (AvgIpc) is 2.92. The fraction of sp³-hybridized carbons (Fsp3) is 0.300. The summed E-state index contributed by atoms with van der Waals surface area (Å²) in [5.41, 5.74) is 7.11. The first-order valence-corrected chi connectivity index (χ1v) is 7.92. The summed E-state index contributed by atoms with van der Waals surface area (Å²) in [6.07, 6.45) is 0. The summed E-state index contributed by atoms with van der Waals surface area (Å²) >= 11 is 3.29. The first-order chi connectivity index (χ1) is 9.44. The van der Waals surface area contributed by atoms with Gasteiger partial charge in [0.2, 0.25) is 10.0 Å². The molecular weight excluding hydrogens is 348 g/mol. The van der Waals surface area contributed by atoms with E-state index in [1.807, 2.05) is 6.07 Å². The zero-order chi connectivity index (χ0) is 14.8. The maximum absolute atomic E-state index is 12.3. The van der Waals surface area contributed by atoms with Crippen LogP contribution in [0.25, 0.3) is 0 Å². The highest BCUT2D eigenvalue weighted by molar-refractivity contribution is 9.10. The Morgan fingerprint density at radius 3 is 2.80 bits per heavy atom. The fourth-order valence-electron chi connectivity index (χ4n) is 1.62. The van der Waals surface area contributed by atoms with Crippen LogP contribution in [0.5, 0.6) is 0 Å². The molecule has 0 saturated heterocycles. The molecule has 0 aliphatic rings. The predicted octanol–water partition coefficient (Wildman–Crippen LogP) is 0.208. The molecule has 0 unspecified atom stereocenters. The van der Waals surface area contributed by atoms with Gasteiger partial charge in [0.05, 0.1) is 11.4 Å². The largest absolute Gasteiger partial charge is 0.326 e. The minimum Gasteiger partial charge on any atom is -0.326 e. The van der Waals surface area contributed by atoms with Crippen LogP contribution in [0.1, 0.15) is 17.0 Å². The first kappa shape index (κ1) is 15.0. The Labute approximate surface area is 124 Å². The second-order valence-corrected chi connectivity index (χ2v) is 6.61. The van der Waals surface area contributed by atoms with E-state index in [0.29, 0.717) is 4.47 Å². The van der Waals surface area contributed by atoms with Crippen molar-refractivity contribution in [2.45, 2.75) is 24.9 Å². The zero-order valence-corrected chi connectivity index (χ0v) is 13.0. The highest BCUT2D eigenvalue weighted by Crippen LogP contribution is 2.27. The van der Waals surface area contributed by atoms with Gasteiger partial charge in [0.1, 0.15) is 0 Å². The van der Waals surface area contributed by atoms with Gasteiger partial charge in [0.25, 0.3) is 0 Å². The lowest BCUT2D eigenvalue weighted by molar-refractivity contribution is 0.578. The predicted molar refractivity (Wildman–Crippen MR) is 75.0 cm³/mol. The van der Waals surface area contributed by atoms with Crippen LogP contribution in [0, 0.1) is 6.92 Å². The lowest BCUT2D eigenvalue weighted by Crippen LogP contribution is -2.24. The van der Waals surface area contributed by atoms with Gasteiger partial charge in [-0.3, -0.25) is 0 Å². The van der Waals surface area contributed by atoms with Crippen LogP contribution in [0.3, 0.4) is 0 Å². The molecule has 0 fully saturated rings. The van der Waals surface area contributed by atoms with Crippen LogP contribution in [0.2, 0.25) is 0 Å². The standard InChI is InChI=1S/C10H13BrN6O2S/c1-6-2-7(4-12)3-8(10(6)11)20(18,19)13-5-9-14-16-17-15-9/h2-3,13H,4-5,12H2,1H3,(H,14,15,16,17). The molecule has 108 valence electrons. The Bertz CT molecular complexity index is 701. The number of nitrogens with zero attached hydrogens (tertiary/aromatic N) is 3. The number of nitrogens with two attached hydrogens (primary N) is 1. The lowest BCUT2D eigenvalue weighted by Gasteiger charge is -2.11. The molecule has 10 heteroatoms. The molecule has 20 heavy (non-hydrogen) atoms. The third-order valence-electron chi connectivity index (χ3n) is 2.62. The highest BCUT2D eigenvalue weighted by Gasteiger charge is 2.20. The van der Waals surface area contributed by atoms with Gasteiger partial charge in [-0.15, -0.1) is 10.2 Å². The van der Waals surface area contributed by atoms with Crippen LogP contribution >= 0.6 is 15.9 Å². The molecule has 0 bridgehead atoms. The molecule has 2 aromatic rings. The SMILES string of the molecule is Cc1cc(CN)cc(S(=O)(=O)NCc2nn[nH]n2)c1Br. The number of nitrogens with one attached hydrogen (secondary N) is 2. The van der Waals surface area contributed by atoms with E-state index >= 15 is 0 Å². The normalized spacial score (nSPS) is 11.8. The summed E-state index contributed by atoms with van der Waals surface area (Å²) in [6.45, 7) is 2.03. The minimum atomic E-state index is -3.70. The van der Waals surface area contributed by atoms with Crippen molar-refractivity contribution in [1.29, 1.82) is 0 Å². The number of tetrazole rings is 1. The van der Waals surface area contributed by atoms with Gasteiger partial charge < -0.3 is 5.73 Å². The lowest BCUT2D eigenvalue weighted by atomic mass is 10.1. The molecule has 8 nitrogen and oxygen atoms in total. The Balaban J connectivity index is 2.31. The summed E-state index contributed by atoms with van der Waals surface area (Å²) in [6, 6.07) is 3.37. The van der Waals surface area contributed by atoms with Crippen molar-refractivity contribution in [3.63, 3.8) is 0 Å². The number of aromatic nitrogens is 4. The minimum absolute atomic E-state index is 0.0445. The number of aromatic amines is 1. The quantitative estimate of drug-likeness (QED) is 0.699. The first-order valence-electron chi connectivity index (χ1n) is 5.65. The maximum Gasteiger partial charge on any atom is 0.242 e. The van der Waals surface area contributed by atoms with Crippen molar-refractivity contribution >= 4 is 26.0 Å². The van der Waals surface area contributed by atoms with Crippen LogP contribution in [-0.2, 0) is 23.1 Å². The molecule has 2 rings (SSSR count). The molecule has 0 atom stereocenters. The Kier molecular flexibility index (Phi) is 4.48. The van der Waals surface area contributed by atoms with Crippen molar-refractivity contribution in [1.82, 2.24) is 25.3 Å². The number of aryl methyl sites for hydroxylation is 1. The van der Waals surface area contributed by atoms with Gasteiger partial charge in [0.15, 0.2) is 5.82 Å². The van der Waals surface area contributed by atoms with Crippen LogP contribution in [0.4, 0.5) is 0 Å². The van der Waals surface area contributed by atoms with Gasteiger partial charge in [-0.1, -0.05) is 11.3 Å². The smallest absolute Gasteiger partial charge is 0.242 e. The van der Waals surface area contributed by atoms with Gasteiger partial charge >= 0.3 is 0 Å². The van der Waals surface area contributed by atoms with Crippen LogP contribution in [0.15, 0.2) is 21.5 Å². The summed E-state index contributed by atoms with van der Waals surface area (Å²) in [7, 11) is -3.70. The summed E-state index contributed by atoms with van der Waals surface area (Å²) < 4.78 is 27.5. The molecule has 0 saturated carbocycles. The van der Waals surface area contributed by atoms with Crippen molar-refractivity contribution in [3.8, 4) is 0 Å². The number of sulfonamides is 1. The Morgan fingerprint density at radius 2 is 2.20 bits per heavy atom. The number of hydrogen-bond acceptors (Lipinski definition) is 6. The molecule has 4 N–H and O–H groups in total. The monoisotopic (exact) mass is 360 g/mol. The topological polar surface area (TPSA) is 127 Å². The van der Waals surface area contributed by atoms with Crippen molar-refractivity contribution in [3.05, 3.63) is 33.6 Å². The molecular formula is C10H13BrN6O2S. The fourth-order valence-corrected chi connectivity index (χ4v) is 3.66. The summed E-state index contributed by atoms with van der Waals surface area (Å²) in [5, 5.41) is 13.0. The second-order valence-electron chi connectivity index (χ2n) is 4.08. The molecule has 1 aromatic carbocycles. The summed E-state index contributed by atoms with van der Waals surface area (Å²) in [4.78, 5) is 0.140. The Morgan fingerprint density at radius 1 is 1.45 bits per heavy atom. The molecule has 0 amide bonds. The van der Waals surface area contributed by atoms with Gasteiger partial charge in [0, 0.05) is 11.0 Å². The average molecular weight is 361 g/mol. The second kappa shape index (κ2) is 5.95. The van der Waals surface area contributed by atoms with Crippen LogP contribution in [-0.4, -0.2) is 29.0 Å². The zero-order valence-electron chi connectivity index (χ0n) is 10.6. The van der Waals surface area contributed by atoms with Crippen molar-refractivity contribution < 1.29 is 8.42 Å². The van der Waals surface area contributed by atoms with Gasteiger partial charge in [-0.25, -0.2) is 13.1 Å². The Hall–Kier alpha value is -1.36. The number of halogens is 1.